The van der Waals surface area contributed by atoms with Crippen molar-refractivity contribution in [1.82, 2.24) is 30.5 Å². The Bertz CT molecular complexity index is 1380. The highest BCUT2D eigenvalue weighted by molar-refractivity contribution is 7.89. The molecule has 0 spiro atoms. The lowest BCUT2D eigenvalue weighted by Crippen LogP contribution is -2.65. The van der Waals surface area contributed by atoms with Gasteiger partial charge in [0.25, 0.3) is 5.91 Å². The van der Waals surface area contributed by atoms with Gasteiger partial charge in [0.1, 0.15) is 12.1 Å². The van der Waals surface area contributed by atoms with Crippen molar-refractivity contribution in [1.29, 1.82) is 0 Å². The van der Waals surface area contributed by atoms with Crippen LogP contribution in [0.15, 0.2) is 0 Å². The van der Waals surface area contributed by atoms with Crippen LogP contribution in [0.25, 0.3) is 0 Å². The number of likely N-dealkylation sites (tertiary alicyclic amines) is 1. The van der Waals surface area contributed by atoms with E-state index in [9.17, 15) is 32.4 Å². The van der Waals surface area contributed by atoms with Gasteiger partial charge in [-0.15, -0.1) is 0 Å². The molecule has 4 saturated carbocycles. The van der Waals surface area contributed by atoms with Crippen LogP contribution in [-0.2, 0) is 29.2 Å². The Morgan fingerprint density at radius 3 is 2.12 bits per heavy atom. The van der Waals surface area contributed by atoms with Gasteiger partial charge in [-0.1, -0.05) is 52.9 Å². The predicted octanol–water partition coefficient (Wildman–Crippen LogP) is 2.73. The number of hydrogen-bond donors (Lipinski definition) is 4. The van der Waals surface area contributed by atoms with E-state index in [1.165, 1.54) is 9.21 Å². The first-order valence-corrected chi connectivity index (χ1v) is 20.0. The maximum absolute atomic E-state index is 14.2. The van der Waals surface area contributed by atoms with E-state index in [1.807, 2.05) is 20.8 Å². The minimum Gasteiger partial charge on any atom is -0.347 e. The highest BCUT2D eigenvalue weighted by Crippen LogP contribution is 2.38. The molecule has 5 amide bonds. The van der Waals surface area contributed by atoms with Crippen LogP contribution in [0.5, 0.6) is 0 Å². The summed E-state index contributed by atoms with van der Waals surface area (Å²) in [6, 6.07) is -3.42. The Hall–Kier alpha value is -2.74. The molecule has 14 heteroatoms. The van der Waals surface area contributed by atoms with E-state index in [0.717, 1.165) is 64.2 Å². The molecule has 1 aliphatic heterocycles. The van der Waals surface area contributed by atoms with Crippen LogP contribution >= 0.6 is 0 Å². The number of rotatable bonds is 15. The Morgan fingerprint density at radius 1 is 0.898 bits per heavy atom. The molecule has 49 heavy (non-hydrogen) atoms. The minimum absolute atomic E-state index is 0.00177. The van der Waals surface area contributed by atoms with Crippen LogP contribution in [0.4, 0.5) is 4.79 Å². The quantitative estimate of drug-likeness (QED) is 0.190. The highest BCUT2D eigenvalue weighted by atomic mass is 32.2. The number of amides is 5. The van der Waals surface area contributed by atoms with Crippen LogP contribution < -0.4 is 21.3 Å². The summed E-state index contributed by atoms with van der Waals surface area (Å²) >= 11 is 0. The SMILES string of the molecule is C[C@H](C1(NC(=O)N[C@H](C(=O)N2CCC[C@H]2C(=O)N[C@@H](CCC2CC2)C(=O)C(=O)NC2CC2)C(C)(C)C)CCCCC1)S(=O)(=O)N(C)C1CC1. The van der Waals surface area contributed by atoms with Crippen LogP contribution in [0.3, 0.4) is 0 Å². The first-order chi connectivity index (χ1) is 23.0. The third kappa shape index (κ3) is 9.14. The smallest absolute Gasteiger partial charge is 0.315 e. The van der Waals surface area contributed by atoms with Gasteiger partial charge in [-0.2, -0.15) is 0 Å². The predicted molar refractivity (Wildman–Crippen MR) is 185 cm³/mol. The van der Waals surface area contributed by atoms with E-state index >= 15 is 0 Å². The summed E-state index contributed by atoms with van der Waals surface area (Å²) in [6.07, 6.45) is 11.1. The van der Waals surface area contributed by atoms with Crippen molar-refractivity contribution in [2.75, 3.05) is 13.6 Å². The first-order valence-electron chi connectivity index (χ1n) is 18.5. The average Bonchev–Trinajstić information content (AvgIpc) is 3.93. The standard InChI is InChI=1S/C35H58N6O7S/c1-22(49(47,48)40(5)25-16-17-25)35(19-7-6-8-20-35)39-33(46)38-29(34(2,3)4)32(45)41-21-9-10-27(41)30(43)37-26(18-13-23-11-12-23)28(42)31(44)36-24-14-15-24/h22-27,29H,6-21H2,1-5H3,(H,36,44)(H,37,43)(H2,38,39,46)/t22-,26+,27+,29-/m1/s1. The summed E-state index contributed by atoms with van der Waals surface area (Å²) in [5.74, 6) is -1.72. The molecule has 0 radical (unpaired) electrons. The van der Waals surface area contributed by atoms with Gasteiger partial charge in [0, 0.05) is 25.7 Å². The number of carbonyl (C=O) groups excluding carboxylic acids is 5. The van der Waals surface area contributed by atoms with Gasteiger partial charge in [-0.25, -0.2) is 17.5 Å². The van der Waals surface area contributed by atoms with Crippen molar-refractivity contribution < 1.29 is 32.4 Å². The third-order valence-corrected chi connectivity index (χ3v) is 13.8. The molecule has 0 aromatic carbocycles. The minimum atomic E-state index is -3.69. The fourth-order valence-electron chi connectivity index (χ4n) is 7.50. The fourth-order valence-corrected chi connectivity index (χ4v) is 9.49. The topological polar surface area (TPSA) is 174 Å². The summed E-state index contributed by atoms with van der Waals surface area (Å²) in [5, 5.41) is 10.6. The molecule has 276 valence electrons. The lowest BCUT2D eigenvalue weighted by molar-refractivity contribution is -0.143. The first kappa shape index (κ1) is 37.5. The lowest BCUT2D eigenvalue weighted by Gasteiger charge is -2.44. The van der Waals surface area contributed by atoms with E-state index in [2.05, 4.69) is 21.3 Å². The Labute approximate surface area is 291 Å². The van der Waals surface area contributed by atoms with Crippen molar-refractivity contribution >= 4 is 39.6 Å². The molecule has 13 nitrogen and oxygen atoms in total. The van der Waals surface area contributed by atoms with Gasteiger partial charge < -0.3 is 26.2 Å². The molecule has 0 bridgehead atoms. The maximum Gasteiger partial charge on any atom is 0.315 e. The number of sulfonamides is 1. The number of hydrogen-bond acceptors (Lipinski definition) is 7. The molecule has 4 aliphatic carbocycles. The van der Waals surface area contributed by atoms with Crippen molar-refractivity contribution in [3.63, 3.8) is 0 Å². The molecule has 1 saturated heterocycles. The second-order valence-corrected chi connectivity index (χ2v) is 18.7. The van der Waals surface area contributed by atoms with E-state index in [1.54, 1.807) is 14.0 Å². The molecular weight excluding hydrogens is 648 g/mol. The van der Waals surface area contributed by atoms with Gasteiger partial charge in [-0.3, -0.25) is 19.2 Å². The van der Waals surface area contributed by atoms with Crippen LogP contribution in [0.1, 0.15) is 124 Å². The number of nitrogens with zero attached hydrogens (tertiary/aromatic N) is 2. The fraction of sp³-hybridized carbons (Fsp3) is 0.857. The van der Waals surface area contributed by atoms with Gasteiger partial charge in [0.15, 0.2) is 0 Å². The number of Topliss-reactive ketones (excluding diaryl/α,β-unsaturated/α-hetero) is 1. The molecule has 0 unspecified atom stereocenters. The molecule has 1 heterocycles. The van der Waals surface area contributed by atoms with Gasteiger partial charge in [0.2, 0.25) is 27.6 Å². The van der Waals surface area contributed by atoms with E-state index in [-0.39, 0.29) is 12.1 Å². The molecule has 0 aromatic rings. The van der Waals surface area contributed by atoms with Gasteiger partial charge >= 0.3 is 6.03 Å². The Kier molecular flexibility index (Phi) is 11.4. The zero-order valence-electron chi connectivity index (χ0n) is 30.0. The second-order valence-electron chi connectivity index (χ2n) is 16.4. The summed E-state index contributed by atoms with van der Waals surface area (Å²) < 4.78 is 28.8. The van der Waals surface area contributed by atoms with Crippen molar-refractivity contribution in [2.45, 2.75) is 165 Å². The summed E-state index contributed by atoms with van der Waals surface area (Å²) in [4.78, 5) is 69.0. The zero-order valence-corrected chi connectivity index (χ0v) is 30.8. The van der Waals surface area contributed by atoms with Crippen molar-refractivity contribution in [3.8, 4) is 0 Å². The summed E-state index contributed by atoms with van der Waals surface area (Å²) in [7, 11) is -2.07. The van der Waals surface area contributed by atoms with Crippen LogP contribution in [0, 0.1) is 11.3 Å². The summed E-state index contributed by atoms with van der Waals surface area (Å²) in [6.45, 7) is 7.49. The number of ketones is 1. The normalized spacial score (nSPS) is 24.4. The Balaban J connectivity index is 1.27. The van der Waals surface area contributed by atoms with Crippen molar-refractivity contribution in [2.24, 2.45) is 11.3 Å². The Morgan fingerprint density at radius 2 is 1.55 bits per heavy atom. The van der Waals surface area contributed by atoms with E-state index < -0.39 is 73.9 Å². The highest BCUT2D eigenvalue weighted by Gasteiger charge is 2.50. The zero-order chi connectivity index (χ0) is 35.7. The second kappa shape index (κ2) is 14.9. The van der Waals surface area contributed by atoms with Gasteiger partial charge in [-0.05, 0) is 82.5 Å². The molecule has 0 aromatic heterocycles. The molecule has 5 fully saturated rings. The molecular formula is C35H58N6O7S. The van der Waals surface area contributed by atoms with E-state index in [4.69, 9.17) is 0 Å². The van der Waals surface area contributed by atoms with Crippen LogP contribution in [0.2, 0.25) is 0 Å². The van der Waals surface area contributed by atoms with Gasteiger partial charge in [0.05, 0.1) is 16.8 Å². The molecule has 5 rings (SSSR count). The van der Waals surface area contributed by atoms with E-state index in [0.29, 0.717) is 44.6 Å². The molecule has 4 N–H and O–H groups in total. The summed E-state index contributed by atoms with van der Waals surface area (Å²) in [5.41, 5.74) is -1.73. The third-order valence-electron chi connectivity index (χ3n) is 11.4. The monoisotopic (exact) mass is 706 g/mol. The lowest BCUT2D eigenvalue weighted by atomic mass is 9.79. The average molecular weight is 707 g/mol. The number of urea groups is 1. The number of carbonyl (C=O) groups is 5. The largest absolute Gasteiger partial charge is 0.347 e. The molecule has 5 aliphatic rings. The molecule has 4 atom stereocenters. The van der Waals surface area contributed by atoms with Crippen molar-refractivity contribution in [3.05, 3.63) is 0 Å². The number of nitrogens with one attached hydrogen (secondary N) is 4. The van der Waals surface area contributed by atoms with Crippen LogP contribution in [-0.4, -0.2) is 102 Å². The maximum atomic E-state index is 14.2.